The summed E-state index contributed by atoms with van der Waals surface area (Å²) >= 11 is 0. The molecule has 1 N–H and O–H groups in total. The van der Waals surface area contributed by atoms with Crippen molar-refractivity contribution in [2.24, 2.45) is 4.99 Å². The maximum atomic E-state index is 5.24. The fourth-order valence-electron chi connectivity index (χ4n) is 3.36. The smallest absolute Gasteiger partial charge is 0.198 e. The third kappa shape index (κ3) is 4.28. The molecule has 0 unspecified atom stereocenters. The molecule has 24 heavy (non-hydrogen) atoms. The maximum Gasteiger partial charge on any atom is 0.198 e. The van der Waals surface area contributed by atoms with E-state index in [1.165, 1.54) is 24.1 Å². The van der Waals surface area contributed by atoms with Crippen LogP contribution in [0.3, 0.4) is 0 Å². The number of benzene rings is 1. The topological polar surface area (TPSA) is 40.1 Å². The van der Waals surface area contributed by atoms with Crippen LogP contribution in [-0.4, -0.2) is 63.3 Å². The van der Waals surface area contributed by atoms with Gasteiger partial charge in [-0.05, 0) is 37.8 Å². The lowest BCUT2D eigenvalue weighted by atomic mass is 10.2. The second-order valence-corrected chi connectivity index (χ2v) is 6.53. The molecule has 1 saturated carbocycles. The van der Waals surface area contributed by atoms with Gasteiger partial charge in [0.25, 0.3) is 0 Å². The van der Waals surface area contributed by atoms with Crippen molar-refractivity contribution in [2.75, 3.05) is 51.3 Å². The molecule has 0 atom stereocenters. The minimum Gasteiger partial charge on any atom is -0.383 e. The van der Waals surface area contributed by atoms with Gasteiger partial charge in [0, 0.05) is 45.0 Å². The normalized spacial score (nSPS) is 17.5. The summed E-state index contributed by atoms with van der Waals surface area (Å²) in [5.74, 6) is 1.02. The summed E-state index contributed by atoms with van der Waals surface area (Å²) in [7, 11) is 1.78. The Balaban J connectivity index is 1.62. The van der Waals surface area contributed by atoms with E-state index in [2.05, 4.69) is 46.3 Å². The third-order valence-corrected chi connectivity index (χ3v) is 4.77. The van der Waals surface area contributed by atoms with Crippen LogP contribution in [0.2, 0.25) is 0 Å². The molecule has 1 aromatic carbocycles. The number of ether oxygens (including phenoxy) is 1. The summed E-state index contributed by atoms with van der Waals surface area (Å²) in [6.07, 6.45) is 3.75. The molecule has 0 aromatic heterocycles. The van der Waals surface area contributed by atoms with Crippen LogP contribution in [0.1, 0.15) is 25.3 Å². The van der Waals surface area contributed by atoms with Gasteiger partial charge in [-0.2, -0.15) is 0 Å². The Labute approximate surface area is 145 Å². The Kier molecular flexibility index (Phi) is 6.10. The lowest BCUT2D eigenvalue weighted by Crippen LogP contribution is -2.41. The predicted octanol–water partition coefficient (Wildman–Crippen LogP) is 2.13. The minimum atomic E-state index is 0.755. The zero-order valence-electron chi connectivity index (χ0n) is 15.0. The van der Waals surface area contributed by atoms with E-state index in [0.717, 1.165) is 57.8 Å². The van der Waals surface area contributed by atoms with E-state index in [0.29, 0.717) is 0 Å². The number of guanidine groups is 1. The van der Waals surface area contributed by atoms with Gasteiger partial charge in [-0.15, -0.1) is 0 Å². The van der Waals surface area contributed by atoms with Gasteiger partial charge in [-0.1, -0.05) is 18.2 Å². The van der Waals surface area contributed by atoms with Gasteiger partial charge in [0.2, 0.25) is 0 Å². The quantitative estimate of drug-likeness (QED) is 0.585. The molecule has 5 nitrogen and oxygen atoms in total. The second kappa shape index (κ2) is 8.49. The summed E-state index contributed by atoms with van der Waals surface area (Å²) in [6, 6.07) is 9.41. The molecule has 3 rings (SSSR count). The highest BCUT2D eigenvalue weighted by molar-refractivity contribution is 5.97. The number of rotatable bonds is 8. The van der Waals surface area contributed by atoms with Crippen LogP contribution in [-0.2, 0) is 11.2 Å². The van der Waals surface area contributed by atoms with Crippen LogP contribution >= 0.6 is 0 Å². The first kappa shape index (κ1) is 17.2. The van der Waals surface area contributed by atoms with Crippen molar-refractivity contribution in [3.63, 3.8) is 0 Å². The van der Waals surface area contributed by atoms with Crippen molar-refractivity contribution >= 4 is 11.6 Å². The Morgan fingerprint density at radius 3 is 2.92 bits per heavy atom. The van der Waals surface area contributed by atoms with Crippen LogP contribution in [0.15, 0.2) is 29.3 Å². The van der Waals surface area contributed by atoms with Gasteiger partial charge >= 0.3 is 0 Å². The van der Waals surface area contributed by atoms with E-state index in [9.17, 15) is 0 Å². The molecule has 1 aromatic rings. The highest BCUT2D eigenvalue weighted by atomic mass is 16.5. The van der Waals surface area contributed by atoms with Crippen molar-refractivity contribution < 1.29 is 4.74 Å². The van der Waals surface area contributed by atoms with E-state index in [1.807, 2.05) is 0 Å². The highest BCUT2D eigenvalue weighted by Gasteiger charge is 2.28. The van der Waals surface area contributed by atoms with E-state index in [4.69, 9.17) is 9.73 Å². The van der Waals surface area contributed by atoms with Crippen molar-refractivity contribution in [1.82, 2.24) is 10.2 Å². The molecular formula is C19H30N4O. The third-order valence-electron chi connectivity index (χ3n) is 4.77. The minimum absolute atomic E-state index is 0.755. The van der Waals surface area contributed by atoms with Crippen LogP contribution in [0.4, 0.5) is 5.69 Å². The summed E-state index contributed by atoms with van der Waals surface area (Å²) in [6.45, 7) is 7.71. The van der Waals surface area contributed by atoms with Crippen molar-refractivity contribution in [2.45, 2.75) is 32.2 Å². The SMILES string of the molecule is CCNC(=NCCN(CCOC)C1CC1)N1CCc2ccccc21. The number of hydrogen-bond acceptors (Lipinski definition) is 3. The average Bonchev–Trinajstić information content (AvgIpc) is 3.36. The first-order valence-corrected chi connectivity index (χ1v) is 9.20. The molecule has 1 aliphatic heterocycles. The first-order chi connectivity index (χ1) is 11.8. The van der Waals surface area contributed by atoms with E-state index in [1.54, 1.807) is 7.11 Å². The van der Waals surface area contributed by atoms with Gasteiger partial charge in [-0.3, -0.25) is 9.89 Å². The molecular weight excluding hydrogens is 300 g/mol. The number of nitrogens with zero attached hydrogens (tertiary/aromatic N) is 3. The zero-order valence-corrected chi connectivity index (χ0v) is 15.0. The van der Waals surface area contributed by atoms with Crippen molar-refractivity contribution in [3.05, 3.63) is 29.8 Å². The average molecular weight is 330 g/mol. The Hall–Kier alpha value is -1.59. The maximum absolute atomic E-state index is 5.24. The Morgan fingerprint density at radius 2 is 2.17 bits per heavy atom. The van der Waals surface area contributed by atoms with Crippen molar-refractivity contribution in [3.8, 4) is 0 Å². The molecule has 0 amide bonds. The second-order valence-electron chi connectivity index (χ2n) is 6.53. The molecule has 2 aliphatic rings. The van der Waals surface area contributed by atoms with E-state index >= 15 is 0 Å². The number of methoxy groups -OCH3 is 1. The van der Waals surface area contributed by atoms with Crippen LogP contribution in [0.5, 0.6) is 0 Å². The molecule has 1 heterocycles. The van der Waals surface area contributed by atoms with Gasteiger partial charge in [0.1, 0.15) is 0 Å². The van der Waals surface area contributed by atoms with Gasteiger partial charge in [-0.25, -0.2) is 0 Å². The first-order valence-electron chi connectivity index (χ1n) is 9.20. The van der Waals surface area contributed by atoms with Crippen LogP contribution < -0.4 is 10.2 Å². The molecule has 0 radical (unpaired) electrons. The molecule has 5 heteroatoms. The Morgan fingerprint density at radius 1 is 1.33 bits per heavy atom. The fourth-order valence-corrected chi connectivity index (χ4v) is 3.36. The largest absolute Gasteiger partial charge is 0.383 e. The monoisotopic (exact) mass is 330 g/mol. The fraction of sp³-hybridized carbons (Fsp3) is 0.632. The van der Waals surface area contributed by atoms with Crippen molar-refractivity contribution in [1.29, 1.82) is 0 Å². The zero-order chi connectivity index (χ0) is 16.8. The number of anilines is 1. The number of nitrogens with one attached hydrogen (secondary N) is 1. The van der Waals surface area contributed by atoms with E-state index < -0.39 is 0 Å². The molecule has 0 saturated heterocycles. The predicted molar refractivity (Wildman–Crippen MR) is 99.9 cm³/mol. The van der Waals surface area contributed by atoms with E-state index in [-0.39, 0.29) is 0 Å². The summed E-state index contributed by atoms with van der Waals surface area (Å²) in [4.78, 5) is 9.75. The van der Waals surface area contributed by atoms with Gasteiger partial charge < -0.3 is 15.0 Å². The summed E-state index contributed by atoms with van der Waals surface area (Å²) in [5, 5.41) is 3.46. The standard InChI is InChI=1S/C19H30N4O/c1-3-20-19(23-12-10-16-6-4-5-7-18(16)23)21-11-13-22(14-15-24-2)17-8-9-17/h4-7,17H,3,8-15H2,1-2H3,(H,20,21). The number of aliphatic imine (C=N–C) groups is 1. The van der Waals surface area contributed by atoms with Gasteiger partial charge in [0.05, 0.1) is 13.2 Å². The van der Waals surface area contributed by atoms with Gasteiger partial charge in [0.15, 0.2) is 5.96 Å². The molecule has 132 valence electrons. The van der Waals surface area contributed by atoms with Crippen LogP contribution in [0.25, 0.3) is 0 Å². The molecule has 1 aliphatic carbocycles. The number of para-hydroxylation sites is 1. The summed E-state index contributed by atoms with van der Waals surface area (Å²) in [5.41, 5.74) is 2.72. The molecule has 0 spiro atoms. The van der Waals surface area contributed by atoms with Crippen LogP contribution in [0, 0.1) is 0 Å². The molecule has 1 fully saturated rings. The number of fused-ring (bicyclic) bond motifs is 1. The molecule has 0 bridgehead atoms. The Bertz CT molecular complexity index is 556. The lowest BCUT2D eigenvalue weighted by Gasteiger charge is -2.24. The summed E-state index contributed by atoms with van der Waals surface area (Å²) < 4.78 is 5.24. The lowest BCUT2D eigenvalue weighted by molar-refractivity contribution is 0.145. The number of hydrogen-bond donors (Lipinski definition) is 1. The highest BCUT2D eigenvalue weighted by Crippen LogP contribution is 2.28.